The van der Waals surface area contributed by atoms with Gasteiger partial charge in [0.25, 0.3) is 10.0 Å². The summed E-state index contributed by atoms with van der Waals surface area (Å²) in [6.45, 7) is 1.39. The van der Waals surface area contributed by atoms with Crippen molar-refractivity contribution in [1.29, 1.82) is 0 Å². The largest absolute Gasteiger partial charge is 0.497 e. The van der Waals surface area contributed by atoms with Crippen LogP contribution >= 0.6 is 0 Å². The minimum absolute atomic E-state index is 0.0657. The first-order chi connectivity index (χ1) is 14.5. The van der Waals surface area contributed by atoms with Crippen molar-refractivity contribution < 1.29 is 17.9 Å². The summed E-state index contributed by atoms with van der Waals surface area (Å²) in [5, 5.41) is 7.53. The standard InChI is InChI=1S/C20H25N5O4S/c1-24-13-20(21-14-24)30(26,27)25-9-7-15(12-25)19-11-16(22-23-19)8-10-29-18-5-3-17(28-2)4-6-18/h3-6,11,13-15H,7-10,12H2,1-2H3,(H,22,23)/t15-/m1/s1. The smallest absolute Gasteiger partial charge is 0.262 e. The fourth-order valence-electron chi connectivity index (χ4n) is 3.51. The average Bonchev–Trinajstić information content (AvgIpc) is 3.49. The molecule has 2 aromatic heterocycles. The van der Waals surface area contributed by atoms with Gasteiger partial charge in [0.15, 0.2) is 5.03 Å². The summed E-state index contributed by atoms with van der Waals surface area (Å²) in [5.74, 6) is 1.63. The first kappa shape index (κ1) is 20.4. The summed E-state index contributed by atoms with van der Waals surface area (Å²) in [6, 6.07) is 9.45. The number of nitrogens with zero attached hydrogens (tertiary/aromatic N) is 4. The summed E-state index contributed by atoms with van der Waals surface area (Å²) in [6.07, 6.45) is 4.44. The van der Waals surface area contributed by atoms with Crippen LogP contribution in [0.25, 0.3) is 0 Å². The van der Waals surface area contributed by atoms with Gasteiger partial charge in [0.1, 0.15) is 11.5 Å². The molecule has 0 amide bonds. The molecule has 1 N–H and O–H groups in total. The molecule has 0 unspecified atom stereocenters. The fourth-order valence-corrected chi connectivity index (χ4v) is 4.98. The first-order valence-corrected chi connectivity index (χ1v) is 11.2. The highest BCUT2D eigenvalue weighted by Gasteiger charge is 2.35. The van der Waals surface area contributed by atoms with Gasteiger partial charge in [0, 0.05) is 44.4 Å². The maximum Gasteiger partial charge on any atom is 0.262 e. The maximum atomic E-state index is 12.7. The monoisotopic (exact) mass is 431 g/mol. The maximum absolute atomic E-state index is 12.7. The van der Waals surface area contributed by atoms with E-state index in [0.717, 1.165) is 29.3 Å². The predicted molar refractivity (Wildman–Crippen MR) is 110 cm³/mol. The van der Waals surface area contributed by atoms with Gasteiger partial charge < -0.3 is 14.0 Å². The van der Waals surface area contributed by atoms with E-state index in [1.54, 1.807) is 18.7 Å². The number of aryl methyl sites for hydroxylation is 1. The summed E-state index contributed by atoms with van der Waals surface area (Å²) in [5.41, 5.74) is 1.85. The topological polar surface area (TPSA) is 102 Å². The Kier molecular flexibility index (Phi) is 5.78. The van der Waals surface area contributed by atoms with Crippen LogP contribution in [-0.2, 0) is 23.5 Å². The van der Waals surface area contributed by atoms with Crippen molar-refractivity contribution >= 4 is 10.0 Å². The SMILES string of the molecule is COc1ccc(OCCc2cc([C@@H]3CCN(S(=O)(=O)c4cn(C)cn4)C3)n[nH]2)cc1. The minimum Gasteiger partial charge on any atom is -0.497 e. The van der Waals surface area contributed by atoms with E-state index in [1.807, 2.05) is 30.3 Å². The fraction of sp³-hybridized carbons (Fsp3) is 0.400. The lowest BCUT2D eigenvalue weighted by atomic mass is 10.0. The van der Waals surface area contributed by atoms with Crippen molar-refractivity contribution in [2.24, 2.45) is 7.05 Å². The molecule has 3 aromatic rings. The van der Waals surface area contributed by atoms with E-state index in [2.05, 4.69) is 15.2 Å². The molecule has 1 atom stereocenters. The van der Waals surface area contributed by atoms with E-state index in [-0.39, 0.29) is 10.9 Å². The van der Waals surface area contributed by atoms with Crippen molar-refractivity contribution in [3.63, 3.8) is 0 Å². The number of nitrogens with one attached hydrogen (secondary N) is 1. The summed E-state index contributed by atoms with van der Waals surface area (Å²) < 4.78 is 39.5. The number of imidazole rings is 1. The molecule has 1 aliphatic heterocycles. The molecule has 9 nitrogen and oxygen atoms in total. The Morgan fingerprint density at radius 1 is 1.23 bits per heavy atom. The molecule has 0 aliphatic carbocycles. The second kappa shape index (κ2) is 8.49. The lowest BCUT2D eigenvalue weighted by Gasteiger charge is -2.14. The number of sulfonamides is 1. The van der Waals surface area contributed by atoms with Gasteiger partial charge in [-0.25, -0.2) is 13.4 Å². The van der Waals surface area contributed by atoms with Gasteiger partial charge in [-0.1, -0.05) is 0 Å². The van der Waals surface area contributed by atoms with Crippen molar-refractivity contribution in [2.75, 3.05) is 26.8 Å². The number of methoxy groups -OCH3 is 1. The van der Waals surface area contributed by atoms with Gasteiger partial charge in [0.2, 0.25) is 0 Å². The molecular weight excluding hydrogens is 406 g/mol. The van der Waals surface area contributed by atoms with Gasteiger partial charge in [-0.05, 0) is 36.8 Å². The normalized spacial score (nSPS) is 17.3. The highest BCUT2D eigenvalue weighted by atomic mass is 32.2. The molecule has 10 heteroatoms. The van der Waals surface area contributed by atoms with Crippen LogP contribution in [0.15, 0.2) is 47.9 Å². The van der Waals surface area contributed by atoms with Crippen LogP contribution < -0.4 is 9.47 Å². The van der Waals surface area contributed by atoms with Crippen LogP contribution in [0, 0.1) is 0 Å². The molecule has 4 rings (SSSR count). The number of hydrogen-bond acceptors (Lipinski definition) is 6. The zero-order valence-corrected chi connectivity index (χ0v) is 17.8. The number of H-pyrrole nitrogens is 1. The van der Waals surface area contributed by atoms with Crippen LogP contribution in [0.3, 0.4) is 0 Å². The third-order valence-electron chi connectivity index (χ3n) is 5.20. The van der Waals surface area contributed by atoms with Crippen LogP contribution in [-0.4, -0.2) is 59.3 Å². The Morgan fingerprint density at radius 2 is 2.00 bits per heavy atom. The Bertz CT molecular complexity index is 1090. The number of benzene rings is 1. The van der Waals surface area contributed by atoms with E-state index >= 15 is 0 Å². The summed E-state index contributed by atoms with van der Waals surface area (Å²) >= 11 is 0. The van der Waals surface area contributed by atoms with Gasteiger partial charge in [0.05, 0.1) is 25.7 Å². The predicted octanol–water partition coefficient (Wildman–Crippen LogP) is 1.95. The lowest BCUT2D eigenvalue weighted by Crippen LogP contribution is -2.29. The van der Waals surface area contributed by atoms with E-state index in [9.17, 15) is 8.42 Å². The Morgan fingerprint density at radius 3 is 2.70 bits per heavy atom. The van der Waals surface area contributed by atoms with E-state index in [4.69, 9.17) is 9.47 Å². The molecule has 1 saturated heterocycles. The molecule has 0 spiro atoms. The summed E-state index contributed by atoms with van der Waals surface area (Å²) in [4.78, 5) is 3.99. The molecular formula is C20H25N5O4S. The third kappa shape index (κ3) is 4.34. The van der Waals surface area contributed by atoms with E-state index in [1.165, 1.54) is 16.8 Å². The highest BCUT2D eigenvalue weighted by molar-refractivity contribution is 7.89. The second-order valence-corrected chi connectivity index (χ2v) is 9.20. The van der Waals surface area contributed by atoms with Crippen LogP contribution in [0.1, 0.15) is 23.7 Å². The Balaban J connectivity index is 1.32. The first-order valence-electron chi connectivity index (χ1n) is 9.75. The Labute approximate surface area is 175 Å². The van der Waals surface area contributed by atoms with Gasteiger partial charge in [-0.15, -0.1) is 0 Å². The number of rotatable bonds is 8. The van der Waals surface area contributed by atoms with Crippen LogP contribution in [0.4, 0.5) is 0 Å². The molecule has 160 valence electrons. The van der Waals surface area contributed by atoms with E-state index in [0.29, 0.717) is 26.1 Å². The molecule has 0 radical (unpaired) electrons. The Hall–Kier alpha value is -2.85. The van der Waals surface area contributed by atoms with Crippen molar-refractivity contribution in [2.45, 2.75) is 23.8 Å². The molecule has 30 heavy (non-hydrogen) atoms. The third-order valence-corrected chi connectivity index (χ3v) is 6.96. The molecule has 1 fully saturated rings. The molecule has 1 aromatic carbocycles. The zero-order valence-electron chi connectivity index (χ0n) is 17.0. The molecule has 0 bridgehead atoms. The zero-order chi connectivity index (χ0) is 21.1. The lowest BCUT2D eigenvalue weighted by molar-refractivity contribution is 0.319. The van der Waals surface area contributed by atoms with Crippen molar-refractivity contribution in [1.82, 2.24) is 24.1 Å². The van der Waals surface area contributed by atoms with E-state index < -0.39 is 10.0 Å². The van der Waals surface area contributed by atoms with Gasteiger partial charge in [-0.3, -0.25) is 5.10 Å². The van der Waals surface area contributed by atoms with Crippen molar-refractivity contribution in [3.05, 3.63) is 54.2 Å². The second-order valence-electron chi connectivity index (χ2n) is 7.32. The van der Waals surface area contributed by atoms with Gasteiger partial charge >= 0.3 is 0 Å². The average molecular weight is 432 g/mol. The number of aromatic nitrogens is 4. The van der Waals surface area contributed by atoms with Crippen LogP contribution in [0.2, 0.25) is 0 Å². The summed E-state index contributed by atoms with van der Waals surface area (Å²) in [7, 11) is -0.187. The van der Waals surface area contributed by atoms with Crippen LogP contribution in [0.5, 0.6) is 11.5 Å². The van der Waals surface area contributed by atoms with Gasteiger partial charge in [-0.2, -0.15) is 9.40 Å². The van der Waals surface area contributed by atoms with Crippen molar-refractivity contribution in [3.8, 4) is 11.5 Å². The highest BCUT2D eigenvalue weighted by Crippen LogP contribution is 2.30. The molecule has 1 aliphatic rings. The number of hydrogen-bond donors (Lipinski definition) is 1. The quantitative estimate of drug-likeness (QED) is 0.585. The number of aromatic amines is 1. The number of ether oxygens (including phenoxy) is 2. The minimum atomic E-state index is -3.57. The molecule has 3 heterocycles. The molecule has 0 saturated carbocycles.